The summed E-state index contributed by atoms with van der Waals surface area (Å²) in [6.45, 7) is 14.8. The molecule has 1 fully saturated rings. The van der Waals surface area contributed by atoms with Crippen molar-refractivity contribution in [2.45, 2.75) is 77.2 Å². The van der Waals surface area contributed by atoms with Gasteiger partial charge in [0.1, 0.15) is 0 Å². The van der Waals surface area contributed by atoms with Gasteiger partial charge in [-0.25, -0.2) is 0 Å². The van der Waals surface area contributed by atoms with Gasteiger partial charge in [-0.2, -0.15) is 0 Å². The molecule has 0 unspecified atom stereocenters. The largest absolute Gasteiger partial charge is 0.306 e. The molecule has 15 heavy (non-hydrogen) atoms. The minimum absolute atomic E-state index is 0.0657. The zero-order chi connectivity index (χ0) is 12.1. The third-order valence-corrected chi connectivity index (χ3v) is 8.39. The number of hydrogen-bond acceptors (Lipinski definition) is 1. The fraction of sp³-hybridized carbons (Fsp3) is 1.00. The molecule has 1 saturated heterocycles. The van der Waals surface area contributed by atoms with Crippen LogP contribution in [0.25, 0.3) is 0 Å². The molecule has 1 aliphatic rings. The zero-order valence-corrected chi connectivity index (χ0v) is 12.2. The third kappa shape index (κ3) is 2.17. The lowest BCUT2D eigenvalue weighted by molar-refractivity contribution is 0.463. The van der Waals surface area contributed by atoms with Crippen molar-refractivity contribution < 1.29 is 4.57 Å². The summed E-state index contributed by atoms with van der Waals surface area (Å²) in [5, 5.41) is 3.30. The molecule has 0 spiro atoms. The van der Waals surface area contributed by atoms with Crippen molar-refractivity contribution in [3.8, 4) is 0 Å². The maximum absolute atomic E-state index is 13.2. The highest BCUT2D eigenvalue weighted by atomic mass is 31.2. The van der Waals surface area contributed by atoms with Crippen molar-refractivity contribution in [3.05, 3.63) is 0 Å². The lowest BCUT2D eigenvalue weighted by atomic mass is 10.0. The second-order valence-corrected chi connectivity index (χ2v) is 11.0. The molecule has 0 aromatic rings. The van der Waals surface area contributed by atoms with E-state index in [1.54, 1.807) is 0 Å². The molecule has 0 saturated carbocycles. The van der Waals surface area contributed by atoms with Gasteiger partial charge in [-0.15, -0.1) is 0 Å². The van der Waals surface area contributed by atoms with E-state index in [-0.39, 0.29) is 15.9 Å². The fourth-order valence-electron chi connectivity index (χ4n) is 2.52. The lowest BCUT2D eigenvalue weighted by Gasteiger charge is -2.41. The van der Waals surface area contributed by atoms with Gasteiger partial charge in [-0.1, -0.05) is 27.7 Å². The molecule has 1 N–H and O–H groups in total. The summed E-state index contributed by atoms with van der Waals surface area (Å²) in [7, 11) is -2.35. The van der Waals surface area contributed by atoms with Crippen LogP contribution in [0.3, 0.4) is 0 Å². The second-order valence-electron chi connectivity index (χ2n) is 7.10. The number of rotatable bonds is 1. The monoisotopic (exact) mass is 231 g/mol. The van der Waals surface area contributed by atoms with E-state index in [9.17, 15) is 4.57 Å². The van der Waals surface area contributed by atoms with E-state index in [1.165, 1.54) is 0 Å². The molecule has 0 aromatic heterocycles. The Morgan fingerprint density at radius 1 is 1.00 bits per heavy atom. The lowest BCUT2D eigenvalue weighted by Crippen LogP contribution is -2.42. The van der Waals surface area contributed by atoms with E-state index in [4.69, 9.17) is 0 Å². The minimum Gasteiger partial charge on any atom is -0.306 e. The van der Waals surface area contributed by atoms with Crippen LogP contribution in [-0.2, 0) is 4.57 Å². The molecule has 0 amide bonds. The Bertz CT molecular complexity index is 279. The van der Waals surface area contributed by atoms with Gasteiger partial charge in [0, 0.05) is 15.9 Å². The van der Waals surface area contributed by atoms with Crippen molar-refractivity contribution in [3.63, 3.8) is 0 Å². The average molecular weight is 231 g/mol. The average Bonchev–Trinajstić information content (AvgIpc) is 2.09. The predicted octanol–water partition coefficient (Wildman–Crippen LogP) is 4.00. The summed E-state index contributed by atoms with van der Waals surface area (Å²) in [5.74, 6) is 0. The number of hydrogen-bond donors (Lipinski definition) is 1. The van der Waals surface area contributed by atoms with Crippen molar-refractivity contribution in [1.29, 1.82) is 0 Å². The van der Waals surface area contributed by atoms with Crippen molar-refractivity contribution in [1.82, 2.24) is 5.09 Å². The van der Waals surface area contributed by atoms with E-state index < -0.39 is 7.29 Å². The standard InChI is InChI=1S/C12H26NOP/c1-10(2,3)13-15(14)11(4,5)8-9-12(15,6)7/h8-9H2,1-7H3,(H,13,14). The van der Waals surface area contributed by atoms with Gasteiger partial charge in [0.05, 0.1) is 0 Å². The zero-order valence-electron chi connectivity index (χ0n) is 11.3. The van der Waals surface area contributed by atoms with E-state index in [1.807, 2.05) is 0 Å². The Morgan fingerprint density at radius 2 is 1.33 bits per heavy atom. The molecule has 2 nitrogen and oxygen atoms in total. The van der Waals surface area contributed by atoms with Crippen LogP contribution in [0.2, 0.25) is 0 Å². The van der Waals surface area contributed by atoms with Gasteiger partial charge in [0.2, 0.25) is 0 Å². The molecule has 3 heteroatoms. The molecule has 0 atom stereocenters. The van der Waals surface area contributed by atoms with Gasteiger partial charge in [-0.3, -0.25) is 5.09 Å². The van der Waals surface area contributed by atoms with Gasteiger partial charge >= 0.3 is 0 Å². The summed E-state index contributed by atoms with van der Waals surface area (Å²) in [5.41, 5.74) is -0.0750. The first kappa shape index (κ1) is 13.3. The molecule has 0 radical (unpaired) electrons. The Morgan fingerprint density at radius 3 is 1.60 bits per heavy atom. The first-order valence-electron chi connectivity index (χ1n) is 5.81. The highest BCUT2D eigenvalue weighted by Crippen LogP contribution is 2.72. The number of nitrogens with one attached hydrogen (secondary N) is 1. The smallest absolute Gasteiger partial charge is 0.158 e. The maximum atomic E-state index is 13.2. The van der Waals surface area contributed by atoms with Crippen LogP contribution in [0.5, 0.6) is 0 Å². The predicted molar refractivity (Wildman–Crippen MR) is 67.9 cm³/mol. The Kier molecular flexibility index (Phi) is 2.95. The van der Waals surface area contributed by atoms with Crippen LogP contribution in [-0.4, -0.2) is 15.9 Å². The normalized spacial score (nSPS) is 27.9. The molecule has 90 valence electrons. The van der Waals surface area contributed by atoms with Crippen LogP contribution in [0.1, 0.15) is 61.3 Å². The van der Waals surface area contributed by atoms with Crippen LogP contribution in [0.4, 0.5) is 0 Å². The fourth-order valence-corrected chi connectivity index (χ4v) is 6.56. The molecule has 1 rings (SSSR count). The molecule has 0 aromatic carbocycles. The van der Waals surface area contributed by atoms with Crippen molar-refractivity contribution >= 4 is 7.29 Å². The van der Waals surface area contributed by atoms with Crippen LogP contribution in [0, 0.1) is 0 Å². The molecule has 0 bridgehead atoms. The SMILES string of the molecule is CC(C)(C)NP1(=O)C(C)(C)CCC1(C)C. The van der Waals surface area contributed by atoms with Gasteiger partial charge in [0.25, 0.3) is 0 Å². The van der Waals surface area contributed by atoms with Gasteiger partial charge in [-0.05, 0) is 33.6 Å². The second kappa shape index (κ2) is 3.34. The summed E-state index contributed by atoms with van der Waals surface area (Å²) in [6, 6.07) is 0. The first-order chi connectivity index (χ1) is 6.41. The third-order valence-electron chi connectivity index (χ3n) is 3.55. The molecule has 1 heterocycles. The Balaban J connectivity index is 3.12. The topological polar surface area (TPSA) is 29.1 Å². The minimum atomic E-state index is -2.35. The highest BCUT2D eigenvalue weighted by Gasteiger charge is 2.57. The van der Waals surface area contributed by atoms with E-state index in [0.717, 1.165) is 12.8 Å². The van der Waals surface area contributed by atoms with E-state index in [2.05, 4.69) is 53.6 Å². The highest BCUT2D eigenvalue weighted by molar-refractivity contribution is 7.65. The molecular formula is C12H26NOP. The van der Waals surface area contributed by atoms with Crippen LogP contribution in [0.15, 0.2) is 0 Å². The Hall–Kier alpha value is 0.190. The Labute approximate surface area is 94.6 Å². The summed E-state index contributed by atoms with van der Waals surface area (Å²) < 4.78 is 13.2. The van der Waals surface area contributed by atoms with Crippen molar-refractivity contribution in [2.24, 2.45) is 0 Å². The first-order valence-corrected chi connectivity index (χ1v) is 7.52. The van der Waals surface area contributed by atoms with Crippen molar-refractivity contribution in [2.75, 3.05) is 0 Å². The molecule has 1 aliphatic heterocycles. The summed E-state index contributed by atoms with van der Waals surface area (Å²) in [6.07, 6.45) is 2.11. The summed E-state index contributed by atoms with van der Waals surface area (Å²) >= 11 is 0. The van der Waals surface area contributed by atoms with Gasteiger partial charge in [0.15, 0.2) is 7.29 Å². The quantitative estimate of drug-likeness (QED) is 0.691. The van der Waals surface area contributed by atoms with E-state index in [0.29, 0.717) is 0 Å². The van der Waals surface area contributed by atoms with Gasteiger partial charge < -0.3 is 4.57 Å². The van der Waals surface area contributed by atoms with Crippen LogP contribution < -0.4 is 5.09 Å². The van der Waals surface area contributed by atoms with Crippen LogP contribution >= 0.6 is 7.29 Å². The molecule has 0 aliphatic carbocycles. The summed E-state index contributed by atoms with van der Waals surface area (Å²) in [4.78, 5) is 0. The maximum Gasteiger partial charge on any atom is 0.158 e. The molecular weight excluding hydrogens is 205 g/mol. The van der Waals surface area contributed by atoms with E-state index >= 15 is 0 Å².